The van der Waals surface area contributed by atoms with Crippen LogP contribution in [0.2, 0.25) is 0 Å². The van der Waals surface area contributed by atoms with Crippen LogP contribution in [-0.2, 0) is 24.2 Å². The Balaban J connectivity index is 1.37. The molecule has 0 spiro atoms. The zero-order valence-electron chi connectivity index (χ0n) is 16.1. The van der Waals surface area contributed by atoms with E-state index < -0.39 is 0 Å². The fourth-order valence-electron chi connectivity index (χ4n) is 3.95. The van der Waals surface area contributed by atoms with Crippen molar-refractivity contribution in [1.82, 2.24) is 15.2 Å². The van der Waals surface area contributed by atoms with Crippen LogP contribution in [0.1, 0.15) is 30.5 Å². The maximum atomic E-state index is 12.5. The molecule has 1 amide bonds. The molecule has 1 aliphatic rings. The van der Waals surface area contributed by atoms with Gasteiger partial charge in [-0.25, -0.2) is 0 Å². The summed E-state index contributed by atoms with van der Waals surface area (Å²) in [6.07, 6.45) is 3.42. The summed E-state index contributed by atoms with van der Waals surface area (Å²) in [4.78, 5) is 18.3. The van der Waals surface area contributed by atoms with Gasteiger partial charge in [0.25, 0.3) is 0 Å². The minimum Gasteiger partial charge on any atom is -0.361 e. The largest absolute Gasteiger partial charge is 0.361 e. The highest BCUT2D eigenvalue weighted by molar-refractivity contribution is 5.88. The average molecular weight is 361 g/mol. The van der Waals surface area contributed by atoms with Crippen molar-refractivity contribution < 1.29 is 4.79 Å². The molecule has 0 atom stereocenters. The summed E-state index contributed by atoms with van der Waals surface area (Å²) in [5.74, 6) is 0.0743. The van der Waals surface area contributed by atoms with Crippen LogP contribution >= 0.6 is 0 Å². The second-order valence-electron chi connectivity index (χ2n) is 8.07. The summed E-state index contributed by atoms with van der Waals surface area (Å²) < 4.78 is 0. The molecule has 2 heterocycles. The topological polar surface area (TPSA) is 48.1 Å². The molecule has 2 N–H and O–H groups in total. The third-order valence-corrected chi connectivity index (χ3v) is 5.73. The van der Waals surface area contributed by atoms with Crippen LogP contribution < -0.4 is 5.32 Å². The van der Waals surface area contributed by atoms with Crippen molar-refractivity contribution in [3.63, 3.8) is 0 Å². The molecule has 4 heteroatoms. The van der Waals surface area contributed by atoms with Gasteiger partial charge in [-0.3, -0.25) is 9.69 Å². The van der Waals surface area contributed by atoms with Crippen LogP contribution in [0.3, 0.4) is 0 Å². The SMILES string of the molecule is CC(C)(CNC(=O)Cc1c[nH]c2ccccc12)N1CCc2ccccc2C1. The Labute approximate surface area is 160 Å². The lowest BCUT2D eigenvalue weighted by Crippen LogP contribution is -2.53. The molecule has 0 radical (unpaired) electrons. The lowest BCUT2D eigenvalue weighted by Gasteiger charge is -2.41. The molecule has 140 valence electrons. The van der Waals surface area contributed by atoms with E-state index in [1.165, 1.54) is 11.1 Å². The second kappa shape index (κ2) is 7.20. The number of aromatic nitrogens is 1. The number of nitrogens with one attached hydrogen (secondary N) is 2. The van der Waals surface area contributed by atoms with Crippen molar-refractivity contribution >= 4 is 16.8 Å². The van der Waals surface area contributed by atoms with Crippen molar-refractivity contribution in [1.29, 1.82) is 0 Å². The van der Waals surface area contributed by atoms with Crippen molar-refractivity contribution in [2.45, 2.75) is 38.8 Å². The van der Waals surface area contributed by atoms with Gasteiger partial charge in [-0.05, 0) is 43.0 Å². The quantitative estimate of drug-likeness (QED) is 0.728. The van der Waals surface area contributed by atoms with E-state index in [4.69, 9.17) is 0 Å². The Morgan fingerprint density at radius 1 is 1.11 bits per heavy atom. The highest BCUT2D eigenvalue weighted by atomic mass is 16.1. The number of hydrogen-bond acceptors (Lipinski definition) is 2. The molecule has 0 bridgehead atoms. The zero-order valence-corrected chi connectivity index (χ0v) is 16.1. The Kier molecular flexibility index (Phi) is 4.75. The molecule has 1 aromatic heterocycles. The number of H-pyrrole nitrogens is 1. The molecule has 27 heavy (non-hydrogen) atoms. The number of aromatic amines is 1. The van der Waals surface area contributed by atoms with Gasteiger partial charge in [0.05, 0.1) is 6.42 Å². The summed E-state index contributed by atoms with van der Waals surface area (Å²) in [5, 5.41) is 4.28. The normalized spacial score (nSPS) is 14.9. The molecular weight excluding hydrogens is 334 g/mol. The summed E-state index contributed by atoms with van der Waals surface area (Å²) >= 11 is 0. The van der Waals surface area contributed by atoms with Crippen molar-refractivity contribution in [2.24, 2.45) is 0 Å². The number of amides is 1. The van der Waals surface area contributed by atoms with E-state index in [-0.39, 0.29) is 11.4 Å². The number of hydrogen-bond donors (Lipinski definition) is 2. The fraction of sp³-hybridized carbons (Fsp3) is 0.348. The van der Waals surface area contributed by atoms with Crippen LogP contribution in [0.4, 0.5) is 0 Å². The van der Waals surface area contributed by atoms with Crippen molar-refractivity contribution in [3.8, 4) is 0 Å². The minimum absolute atomic E-state index is 0.0743. The van der Waals surface area contributed by atoms with Gasteiger partial charge in [-0.2, -0.15) is 0 Å². The number of benzene rings is 2. The standard InChI is InChI=1S/C23H27N3O/c1-23(2,26-12-11-17-7-3-4-8-18(17)15-26)16-25-22(27)13-19-14-24-21-10-6-5-9-20(19)21/h3-10,14,24H,11-13,15-16H2,1-2H3,(H,25,27). The van der Waals surface area contributed by atoms with E-state index in [0.717, 1.165) is 36.0 Å². The van der Waals surface area contributed by atoms with Gasteiger partial charge in [0, 0.05) is 42.3 Å². The number of carbonyl (C=O) groups is 1. The van der Waals surface area contributed by atoms with Crippen molar-refractivity contribution in [3.05, 3.63) is 71.4 Å². The first-order chi connectivity index (χ1) is 13.0. The fourth-order valence-corrected chi connectivity index (χ4v) is 3.95. The smallest absolute Gasteiger partial charge is 0.224 e. The van der Waals surface area contributed by atoms with Gasteiger partial charge in [-0.15, -0.1) is 0 Å². The summed E-state index contributed by atoms with van der Waals surface area (Å²) in [6, 6.07) is 16.8. The monoisotopic (exact) mass is 361 g/mol. The molecular formula is C23H27N3O. The Morgan fingerprint density at radius 2 is 1.85 bits per heavy atom. The van der Waals surface area contributed by atoms with E-state index in [1.807, 2.05) is 24.4 Å². The van der Waals surface area contributed by atoms with E-state index in [0.29, 0.717) is 13.0 Å². The van der Waals surface area contributed by atoms with Crippen LogP contribution in [0.25, 0.3) is 10.9 Å². The number of para-hydroxylation sites is 1. The lowest BCUT2D eigenvalue weighted by atomic mass is 9.94. The van der Waals surface area contributed by atoms with Crippen molar-refractivity contribution in [2.75, 3.05) is 13.1 Å². The van der Waals surface area contributed by atoms with E-state index in [9.17, 15) is 4.79 Å². The lowest BCUT2D eigenvalue weighted by molar-refractivity contribution is -0.121. The first-order valence-corrected chi connectivity index (χ1v) is 9.66. The van der Waals surface area contributed by atoms with Crippen LogP contribution in [0.15, 0.2) is 54.7 Å². The van der Waals surface area contributed by atoms with Crippen LogP contribution in [-0.4, -0.2) is 34.4 Å². The minimum atomic E-state index is -0.0800. The third kappa shape index (κ3) is 3.76. The van der Waals surface area contributed by atoms with Gasteiger partial charge in [0.1, 0.15) is 0 Å². The molecule has 0 fully saturated rings. The highest BCUT2D eigenvalue weighted by Gasteiger charge is 2.30. The Bertz CT molecular complexity index is 957. The van der Waals surface area contributed by atoms with Gasteiger partial charge < -0.3 is 10.3 Å². The molecule has 3 aromatic rings. The van der Waals surface area contributed by atoms with Gasteiger partial charge in [0.2, 0.25) is 5.91 Å². The molecule has 1 aliphatic heterocycles. The van der Waals surface area contributed by atoms with Gasteiger partial charge in [0.15, 0.2) is 0 Å². The van der Waals surface area contributed by atoms with Crippen LogP contribution in [0.5, 0.6) is 0 Å². The molecule has 0 saturated carbocycles. The summed E-state index contributed by atoms with van der Waals surface area (Å²) in [7, 11) is 0. The molecule has 0 unspecified atom stereocenters. The molecule has 2 aromatic carbocycles. The average Bonchev–Trinajstić information content (AvgIpc) is 3.09. The Morgan fingerprint density at radius 3 is 2.70 bits per heavy atom. The second-order valence-corrected chi connectivity index (χ2v) is 8.07. The molecule has 4 rings (SSSR count). The molecule has 0 saturated heterocycles. The van der Waals surface area contributed by atoms with E-state index in [2.05, 4.69) is 59.4 Å². The maximum absolute atomic E-state index is 12.5. The maximum Gasteiger partial charge on any atom is 0.224 e. The van der Waals surface area contributed by atoms with E-state index >= 15 is 0 Å². The summed E-state index contributed by atoms with van der Waals surface area (Å²) in [5.41, 5.74) is 4.90. The molecule has 0 aliphatic carbocycles. The van der Waals surface area contributed by atoms with E-state index in [1.54, 1.807) is 0 Å². The number of nitrogens with zero attached hydrogens (tertiary/aromatic N) is 1. The Hall–Kier alpha value is -2.59. The highest BCUT2D eigenvalue weighted by Crippen LogP contribution is 2.25. The first-order valence-electron chi connectivity index (χ1n) is 9.66. The third-order valence-electron chi connectivity index (χ3n) is 5.73. The first kappa shape index (κ1) is 17.8. The zero-order chi connectivity index (χ0) is 18.9. The summed E-state index contributed by atoms with van der Waals surface area (Å²) in [6.45, 7) is 7.06. The molecule has 4 nitrogen and oxygen atoms in total. The van der Waals surface area contributed by atoms with Gasteiger partial charge >= 0.3 is 0 Å². The van der Waals surface area contributed by atoms with Crippen LogP contribution in [0, 0.1) is 0 Å². The van der Waals surface area contributed by atoms with Gasteiger partial charge in [-0.1, -0.05) is 42.5 Å². The number of carbonyl (C=O) groups excluding carboxylic acids is 1. The number of fused-ring (bicyclic) bond motifs is 2. The number of rotatable bonds is 5. The predicted octanol–water partition coefficient (Wildman–Crippen LogP) is 3.66. The predicted molar refractivity (Wildman–Crippen MR) is 110 cm³/mol.